The van der Waals surface area contributed by atoms with Gasteiger partial charge in [0.2, 0.25) is 0 Å². The van der Waals surface area contributed by atoms with Gasteiger partial charge in [-0.15, -0.1) is 0 Å². The van der Waals surface area contributed by atoms with Crippen LogP contribution in [0, 0.1) is 0 Å². The molecule has 1 aliphatic rings. The molecule has 0 aromatic rings. The molecule has 1 aliphatic heterocycles. The van der Waals surface area contributed by atoms with Crippen LogP contribution < -0.4 is 9.86 Å². The molecule has 1 unspecified atom stereocenters. The molecule has 0 saturated carbocycles. The molecule has 7 heteroatoms. The highest BCUT2D eigenvalue weighted by molar-refractivity contribution is 7.87. The van der Waals surface area contributed by atoms with Gasteiger partial charge >= 0.3 is 0 Å². The summed E-state index contributed by atoms with van der Waals surface area (Å²) in [6.45, 7) is 1.30. The van der Waals surface area contributed by atoms with E-state index in [-0.39, 0.29) is 0 Å². The fourth-order valence-electron chi connectivity index (χ4n) is 1.47. The van der Waals surface area contributed by atoms with E-state index in [0.29, 0.717) is 12.6 Å². The van der Waals surface area contributed by atoms with Crippen LogP contribution in [0.4, 0.5) is 0 Å². The second-order valence-corrected chi connectivity index (χ2v) is 5.01. The van der Waals surface area contributed by atoms with Gasteiger partial charge in [0.15, 0.2) is 0 Å². The minimum absolute atomic E-state index is 0.323. The summed E-state index contributed by atoms with van der Waals surface area (Å²) >= 11 is 5.06. The van der Waals surface area contributed by atoms with E-state index in [1.54, 1.807) is 0 Å². The van der Waals surface area contributed by atoms with Gasteiger partial charge in [0.05, 0.1) is 0 Å². The Bertz CT molecular complexity index is 255. The molecular formula is C6H14N3O2S2. The van der Waals surface area contributed by atoms with Crippen LogP contribution in [-0.2, 0) is 10.2 Å². The van der Waals surface area contributed by atoms with Crippen LogP contribution in [0.5, 0.6) is 0 Å². The highest BCUT2D eigenvalue weighted by atomic mass is 32.2. The first-order chi connectivity index (χ1) is 5.99. The molecule has 0 aromatic heterocycles. The van der Waals surface area contributed by atoms with E-state index in [9.17, 15) is 8.42 Å². The van der Waals surface area contributed by atoms with Crippen molar-refractivity contribution >= 4 is 23.0 Å². The van der Waals surface area contributed by atoms with E-state index in [1.807, 2.05) is 4.31 Å². The van der Waals surface area contributed by atoms with Crippen LogP contribution in [0.25, 0.3) is 0 Å². The molecule has 0 bridgehead atoms. The molecule has 1 heterocycles. The zero-order valence-corrected chi connectivity index (χ0v) is 8.90. The van der Waals surface area contributed by atoms with Crippen molar-refractivity contribution in [2.24, 2.45) is 5.14 Å². The third-order valence-corrected chi connectivity index (χ3v) is 3.19. The number of rotatable bonds is 4. The Morgan fingerprint density at radius 3 is 2.77 bits per heavy atom. The monoisotopic (exact) mass is 224 g/mol. The lowest BCUT2D eigenvalue weighted by molar-refractivity contribution is 0.415. The molecule has 0 aliphatic carbocycles. The van der Waals surface area contributed by atoms with E-state index in [4.69, 9.17) is 18.0 Å². The molecule has 1 radical (unpaired) electrons. The van der Waals surface area contributed by atoms with Crippen LogP contribution in [-0.4, -0.2) is 31.9 Å². The Morgan fingerprint density at radius 2 is 2.31 bits per heavy atom. The highest BCUT2D eigenvalue weighted by Gasteiger charge is 2.21. The van der Waals surface area contributed by atoms with Crippen molar-refractivity contribution in [3.8, 4) is 0 Å². The second kappa shape index (κ2) is 4.61. The summed E-state index contributed by atoms with van der Waals surface area (Å²) in [5.41, 5.74) is 0. The normalized spacial score (nSPS) is 25.2. The highest BCUT2D eigenvalue weighted by Crippen LogP contribution is 2.20. The lowest BCUT2D eigenvalue weighted by Crippen LogP contribution is -2.34. The Morgan fingerprint density at radius 1 is 1.62 bits per heavy atom. The van der Waals surface area contributed by atoms with Crippen molar-refractivity contribution in [3.05, 3.63) is 0 Å². The molecule has 13 heavy (non-hydrogen) atoms. The fraction of sp³-hybridized carbons (Fsp3) is 1.00. The Kier molecular flexibility index (Phi) is 3.99. The summed E-state index contributed by atoms with van der Waals surface area (Å²) in [6.07, 6.45) is 2.89. The van der Waals surface area contributed by atoms with E-state index in [1.165, 1.54) is 0 Å². The summed E-state index contributed by atoms with van der Waals surface area (Å²) in [7, 11) is -3.54. The van der Waals surface area contributed by atoms with Crippen molar-refractivity contribution in [2.75, 3.05) is 13.1 Å². The Labute approximate surface area is 84.4 Å². The molecule has 1 rings (SSSR count). The van der Waals surface area contributed by atoms with E-state index in [0.717, 1.165) is 25.8 Å². The number of nitrogens with one attached hydrogen (secondary N) is 1. The molecule has 77 valence electrons. The maximum atomic E-state index is 10.5. The third kappa shape index (κ3) is 4.28. The molecule has 1 atom stereocenters. The summed E-state index contributed by atoms with van der Waals surface area (Å²) in [4.78, 5) is 0. The topological polar surface area (TPSA) is 75.4 Å². The quantitative estimate of drug-likeness (QED) is 0.691. The Balaban J connectivity index is 2.19. The fourth-order valence-corrected chi connectivity index (χ4v) is 2.21. The first-order valence-electron chi connectivity index (χ1n) is 4.20. The smallest absolute Gasteiger partial charge is 0.237 e. The van der Waals surface area contributed by atoms with Gasteiger partial charge < -0.3 is 0 Å². The van der Waals surface area contributed by atoms with Gasteiger partial charge in [-0.25, -0.2) is 14.2 Å². The maximum absolute atomic E-state index is 10.5. The summed E-state index contributed by atoms with van der Waals surface area (Å²) in [5, 5.41) is 4.78. The van der Waals surface area contributed by atoms with Gasteiger partial charge in [-0.2, -0.15) is 8.42 Å². The predicted molar refractivity (Wildman–Crippen MR) is 53.0 cm³/mol. The number of nitrogens with zero attached hydrogens (tertiary/aromatic N) is 1. The second-order valence-electron chi connectivity index (χ2n) is 3.16. The largest absolute Gasteiger partial charge is 0.274 e. The Hall–Kier alpha value is 0.180. The molecule has 5 nitrogen and oxygen atoms in total. The number of hydrogen-bond donors (Lipinski definition) is 2. The zero-order valence-electron chi connectivity index (χ0n) is 7.27. The van der Waals surface area contributed by atoms with Crippen molar-refractivity contribution < 1.29 is 8.42 Å². The zero-order chi connectivity index (χ0) is 9.90. The molecule has 0 aromatic carbocycles. The van der Waals surface area contributed by atoms with Crippen LogP contribution in [0.2, 0.25) is 0 Å². The SMILES string of the molecule is NS(=O)(=O)NCCC1CCCN1[S]. The molecular weight excluding hydrogens is 210 g/mol. The van der Waals surface area contributed by atoms with Crippen molar-refractivity contribution in [1.29, 1.82) is 0 Å². The van der Waals surface area contributed by atoms with E-state index in [2.05, 4.69) is 4.72 Å². The van der Waals surface area contributed by atoms with Gasteiger partial charge in [0.1, 0.15) is 0 Å². The standard InChI is InChI=1S/C6H14N3O2S2/c7-13(10,11)8-4-3-6-2-1-5-9(6)12/h6,8H,1-5H2,(H2,7,10,11). The van der Waals surface area contributed by atoms with E-state index >= 15 is 0 Å². The van der Waals surface area contributed by atoms with Crippen molar-refractivity contribution in [3.63, 3.8) is 0 Å². The van der Waals surface area contributed by atoms with Crippen molar-refractivity contribution in [2.45, 2.75) is 25.3 Å². The number of nitrogens with two attached hydrogens (primary N) is 1. The minimum Gasteiger partial charge on any atom is -0.237 e. The lowest BCUT2D eigenvalue weighted by atomic mass is 10.2. The summed E-state index contributed by atoms with van der Waals surface area (Å²) < 4.78 is 25.1. The van der Waals surface area contributed by atoms with E-state index < -0.39 is 10.2 Å². The van der Waals surface area contributed by atoms with Gasteiger partial charge in [0.25, 0.3) is 10.2 Å². The average Bonchev–Trinajstić information content (AvgIpc) is 2.34. The van der Waals surface area contributed by atoms with Crippen LogP contribution in [0.1, 0.15) is 19.3 Å². The van der Waals surface area contributed by atoms with Gasteiger partial charge in [-0.3, -0.25) is 0 Å². The molecule has 1 saturated heterocycles. The van der Waals surface area contributed by atoms with Gasteiger partial charge in [0, 0.05) is 31.9 Å². The van der Waals surface area contributed by atoms with Gasteiger partial charge in [-0.1, -0.05) is 0 Å². The molecule has 3 N–H and O–H groups in total. The third-order valence-electron chi connectivity index (χ3n) is 2.10. The predicted octanol–water partition coefficient (Wildman–Crippen LogP) is -0.253. The summed E-state index contributed by atoms with van der Waals surface area (Å²) in [6, 6.07) is 0.323. The maximum Gasteiger partial charge on any atom is 0.274 e. The van der Waals surface area contributed by atoms with Crippen LogP contribution in [0.3, 0.4) is 0 Å². The lowest BCUT2D eigenvalue weighted by Gasteiger charge is -2.16. The van der Waals surface area contributed by atoms with Crippen molar-refractivity contribution in [1.82, 2.24) is 9.03 Å². The molecule has 0 spiro atoms. The van der Waals surface area contributed by atoms with Gasteiger partial charge in [-0.05, 0) is 19.3 Å². The average molecular weight is 224 g/mol. The number of hydrogen-bond acceptors (Lipinski definition) is 3. The first-order valence-corrected chi connectivity index (χ1v) is 6.11. The minimum atomic E-state index is -3.54. The first kappa shape index (κ1) is 11.3. The van der Waals surface area contributed by atoms with Crippen LogP contribution >= 0.6 is 12.8 Å². The molecule has 1 fully saturated rings. The van der Waals surface area contributed by atoms with Crippen LogP contribution in [0.15, 0.2) is 0 Å². The molecule has 0 amide bonds. The summed E-state index contributed by atoms with van der Waals surface area (Å²) in [5.74, 6) is 0.